The molecule has 132 valence electrons. The predicted octanol–water partition coefficient (Wildman–Crippen LogP) is 1.65. The van der Waals surface area contributed by atoms with Crippen LogP contribution in [-0.2, 0) is 19.1 Å². The average molecular weight is 354 g/mol. The van der Waals surface area contributed by atoms with Gasteiger partial charge in [0.25, 0.3) is 0 Å². The highest BCUT2D eigenvalue weighted by Gasteiger charge is 2.22. The third-order valence-corrected chi connectivity index (χ3v) is 3.31. The van der Waals surface area contributed by atoms with Crippen molar-refractivity contribution in [3.63, 3.8) is 0 Å². The lowest BCUT2D eigenvalue weighted by molar-refractivity contribution is -0.153. The third-order valence-electron chi connectivity index (χ3n) is 3.31. The lowest BCUT2D eigenvalue weighted by Crippen LogP contribution is -2.19. The molecule has 9 heteroatoms. The predicted molar refractivity (Wildman–Crippen MR) is 89.1 cm³/mol. The molecule has 3 rings (SSSR count). The van der Waals surface area contributed by atoms with Gasteiger partial charge in [0, 0.05) is 11.6 Å². The summed E-state index contributed by atoms with van der Waals surface area (Å²) in [5, 5.41) is 11.5. The van der Waals surface area contributed by atoms with Crippen LogP contribution in [0.1, 0.15) is 5.76 Å². The van der Waals surface area contributed by atoms with Gasteiger partial charge in [0.05, 0.1) is 13.4 Å². The molecule has 26 heavy (non-hydrogen) atoms. The Morgan fingerprint density at radius 2 is 2.00 bits per heavy atom. The van der Waals surface area contributed by atoms with Crippen molar-refractivity contribution in [3.05, 3.63) is 54.5 Å². The Morgan fingerprint density at radius 3 is 2.69 bits per heavy atom. The summed E-state index contributed by atoms with van der Waals surface area (Å²) in [7, 11) is 1.20. The minimum absolute atomic E-state index is 0.0206. The molecule has 1 aromatic carbocycles. The number of tetrazole rings is 1. The van der Waals surface area contributed by atoms with Crippen LogP contribution in [-0.4, -0.2) is 45.9 Å². The molecule has 0 aliphatic rings. The molecular formula is C17H14N4O5. The molecule has 9 nitrogen and oxygen atoms in total. The molecule has 0 saturated carbocycles. The van der Waals surface area contributed by atoms with Crippen molar-refractivity contribution in [2.24, 2.45) is 0 Å². The standard InChI is InChI=1S/C17H14N4O5/c1-24-15(22)11-26-17(23)14(10-13-8-5-9-25-13)21-16(18-19-20-21)12-6-3-2-4-7-12/h2-10H,11H2,1H3/b14-10-. The molecule has 0 radical (unpaired) electrons. The molecule has 0 N–H and O–H groups in total. The monoisotopic (exact) mass is 354 g/mol. The van der Waals surface area contributed by atoms with Crippen LogP contribution in [0.3, 0.4) is 0 Å². The Kier molecular flexibility index (Phi) is 5.18. The second-order valence-electron chi connectivity index (χ2n) is 4.98. The molecule has 2 heterocycles. The van der Waals surface area contributed by atoms with Gasteiger partial charge in [-0.3, -0.25) is 0 Å². The van der Waals surface area contributed by atoms with E-state index in [1.165, 1.54) is 24.1 Å². The van der Waals surface area contributed by atoms with Gasteiger partial charge in [-0.25, -0.2) is 9.59 Å². The number of hydrogen-bond donors (Lipinski definition) is 0. The van der Waals surface area contributed by atoms with Crippen LogP contribution in [0.15, 0.2) is 53.1 Å². The Hall–Kier alpha value is -3.75. The minimum atomic E-state index is -0.809. The maximum Gasteiger partial charge on any atom is 0.357 e. The first-order valence-corrected chi connectivity index (χ1v) is 7.52. The number of nitrogens with zero attached hydrogens (tertiary/aromatic N) is 4. The Labute approximate surface area is 147 Å². The molecule has 0 spiro atoms. The largest absolute Gasteiger partial charge is 0.466 e. The minimum Gasteiger partial charge on any atom is -0.466 e. The van der Waals surface area contributed by atoms with Gasteiger partial charge in [-0.05, 0) is 22.6 Å². The summed E-state index contributed by atoms with van der Waals surface area (Å²) >= 11 is 0. The quantitative estimate of drug-likeness (QED) is 0.485. The van der Waals surface area contributed by atoms with Gasteiger partial charge in [-0.2, -0.15) is 4.68 Å². The number of carbonyl (C=O) groups excluding carboxylic acids is 2. The van der Waals surface area contributed by atoms with Crippen molar-refractivity contribution in [1.82, 2.24) is 20.2 Å². The number of carbonyl (C=O) groups is 2. The van der Waals surface area contributed by atoms with Gasteiger partial charge in [0.15, 0.2) is 18.1 Å². The van der Waals surface area contributed by atoms with Crippen LogP contribution < -0.4 is 0 Å². The van der Waals surface area contributed by atoms with Gasteiger partial charge in [0.1, 0.15) is 5.76 Å². The first-order chi connectivity index (χ1) is 12.7. The van der Waals surface area contributed by atoms with Gasteiger partial charge in [-0.15, -0.1) is 5.10 Å². The highest BCUT2D eigenvalue weighted by Crippen LogP contribution is 2.21. The summed E-state index contributed by atoms with van der Waals surface area (Å²) in [5.41, 5.74) is 0.677. The molecule has 0 atom stereocenters. The van der Waals surface area contributed by atoms with Gasteiger partial charge < -0.3 is 13.9 Å². The lowest BCUT2D eigenvalue weighted by Gasteiger charge is -2.09. The lowest BCUT2D eigenvalue weighted by atomic mass is 10.2. The molecule has 0 aliphatic heterocycles. The molecule has 0 fully saturated rings. The van der Waals surface area contributed by atoms with E-state index in [0.717, 1.165) is 0 Å². The first kappa shape index (κ1) is 17.1. The number of rotatable bonds is 6. The molecule has 3 aromatic rings. The van der Waals surface area contributed by atoms with Crippen LogP contribution in [0.5, 0.6) is 0 Å². The number of esters is 2. The van der Waals surface area contributed by atoms with Crippen LogP contribution >= 0.6 is 0 Å². The SMILES string of the molecule is COC(=O)COC(=O)/C(=C/c1ccco1)n1nnnc1-c1ccccc1. The van der Waals surface area contributed by atoms with E-state index >= 15 is 0 Å². The third kappa shape index (κ3) is 3.83. The summed E-state index contributed by atoms with van der Waals surface area (Å²) in [6, 6.07) is 12.4. The number of aromatic nitrogens is 4. The Morgan fingerprint density at radius 1 is 1.19 bits per heavy atom. The molecule has 2 aromatic heterocycles. The topological polar surface area (TPSA) is 109 Å². The van der Waals surface area contributed by atoms with Crippen molar-refractivity contribution in [2.45, 2.75) is 0 Å². The highest BCUT2D eigenvalue weighted by atomic mass is 16.6. The molecule has 0 saturated heterocycles. The summed E-state index contributed by atoms with van der Waals surface area (Å²) in [4.78, 5) is 23.8. The molecule has 0 unspecified atom stereocenters. The fraction of sp³-hybridized carbons (Fsp3) is 0.118. The van der Waals surface area contributed by atoms with Crippen molar-refractivity contribution in [1.29, 1.82) is 0 Å². The van der Waals surface area contributed by atoms with E-state index in [0.29, 0.717) is 17.1 Å². The maximum atomic E-state index is 12.5. The number of benzene rings is 1. The number of hydrogen-bond acceptors (Lipinski definition) is 8. The second-order valence-corrected chi connectivity index (χ2v) is 4.98. The summed E-state index contributed by atoms with van der Waals surface area (Å²) in [5.74, 6) is -0.769. The van der Waals surface area contributed by atoms with Crippen LogP contribution in [0, 0.1) is 0 Å². The second kappa shape index (κ2) is 7.88. The van der Waals surface area contributed by atoms with E-state index in [4.69, 9.17) is 9.15 Å². The van der Waals surface area contributed by atoms with E-state index in [2.05, 4.69) is 20.3 Å². The highest BCUT2D eigenvalue weighted by molar-refractivity contribution is 6.15. The smallest absolute Gasteiger partial charge is 0.357 e. The zero-order chi connectivity index (χ0) is 18.4. The zero-order valence-corrected chi connectivity index (χ0v) is 13.7. The van der Waals surface area contributed by atoms with E-state index in [9.17, 15) is 9.59 Å². The van der Waals surface area contributed by atoms with E-state index in [1.807, 2.05) is 18.2 Å². The fourth-order valence-corrected chi connectivity index (χ4v) is 2.09. The molecular weight excluding hydrogens is 340 g/mol. The van der Waals surface area contributed by atoms with Crippen molar-refractivity contribution >= 4 is 23.7 Å². The normalized spacial score (nSPS) is 11.2. The van der Waals surface area contributed by atoms with E-state index in [-0.39, 0.29) is 5.70 Å². The van der Waals surface area contributed by atoms with Crippen LogP contribution in [0.2, 0.25) is 0 Å². The van der Waals surface area contributed by atoms with Crippen molar-refractivity contribution < 1.29 is 23.5 Å². The molecule has 0 bridgehead atoms. The van der Waals surface area contributed by atoms with Crippen molar-refractivity contribution in [2.75, 3.05) is 13.7 Å². The maximum absolute atomic E-state index is 12.5. The molecule has 0 aliphatic carbocycles. The van der Waals surface area contributed by atoms with Crippen LogP contribution in [0.25, 0.3) is 23.2 Å². The Bertz CT molecular complexity index is 916. The van der Waals surface area contributed by atoms with Crippen molar-refractivity contribution in [3.8, 4) is 11.4 Å². The molecule has 0 amide bonds. The van der Waals surface area contributed by atoms with Crippen LogP contribution in [0.4, 0.5) is 0 Å². The van der Waals surface area contributed by atoms with E-state index in [1.54, 1.807) is 24.3 Å². The summed E-state index contributed by atoms with van der Waals surface area (Å²) in [6.07, 6.45) is 2.88. The number of ether oxygens (including phenoxy) is 2. The number of furan rings is 1. The summed E-state index contributed by atoms with van der Waals surface area (Å²) < 4.78 is 15.9. The van der Waals surface area contributed by atoms with Gasteiger partial charge in [-0.1, -0.05) is 30.3 Å². The van der Waals surface area contributed by atoms with Gasteiger partial charge >= 0.3 is 11.9 Å². The summed E-state index contributed by atoms with van der Waals surface area (Å²) in [6.45, 7) is -0.534. The first-order valence-electron chi connectivity index (χ1n) is 7.52. The zero-order valence-electron chi connectivity index (χ0n) is 13.7. The van der Waals surface area contributed by atoms with Gasteiger partial charge in [0.2, 0.25) is 0 Å². The van der Waals surface area contributed by atoms with E-state index < -0.39 is 18.5 Å². The Balaban J connectivity index is 1.99. The fourth-order valence-electron chi connectivity index (χ4n) is 2.09. The average Bonchev–Trinajstić information content (AvgIpc) is 3.36. The number of methoxy groups -OCH3 is 1.